The Labute approximate surface area is 95.0 Å². The molecule has 15 heavy (non-hydrogen) atoms. The van der Waals surface area contributed by atoms with Gasteiger partial charge in [-0.2, -0.15) is 0 Å². The fraction of sp³-hybridized carbons (Fsp3) is 1.00. The summed E-state index contributed by atoms with van der Waals surface area (Å²) in [5.41, 5.74) is 0.682. The Kier molecular flexibility index (Phi) is 3.71. The van der Waals surface area contributed by atoms with Crippen LogP contribution >= 0.6 is 0 Å². The topological polar surface area (TPSA) is 12.0 Å². The summed E-state index contributed by atoms with van der Waals surface area (Å²) >= 11 is 0. The molecule has 0 aromatic heterocycles. The number of hydrogen-bond donors (Lipinski definition) is 1. The molecule has 2 saturated carbocycles. The van der Waals surface area contributed by atoms with Gasteiger partial charge in [0.1, 0.15) is 0 Å². The van der Waals surface area contributed by atoms with Gasteiger partial charge in [-0.3, -0.25) is 0 Å². The van der Waals surface area contributed by atoms with Crippen molar-refractivity contribution in [3.63, 3.8) is 0 Å². The molecular formula is C14H27N. The van der Waals surface area contributed by atoms with Crippen LogP contribution in [0.3, 0.4) is 0 Å². The van der Waals surface area contributed by atoms with Gasteiger partial charge >= 0.3 is 0 Å². The van der Waals surface area contributed by atoms with Crippen molar-refractivity contribution < 1.29 is 0 Å². The van der Waals surface area contributed by atoms with Crippen LogP contribution in [0.2, 0.25) is 0 Å². The van der Waals surface area contributed by atoms with Crippen molar-refractivity contribution in [2.45, 2.75) is 71.3 Å². The lowest BCUT2D eigenvalue weighted by Gasteiger charge is -2.31. The Balaban J connectivity index is 1.83. The van der Waals surface area contributed by atoms with E-state index in [9.17, 15) is 0 Å². The van der Waals surface area contributed by atoms with Gasteiger partial charge in [0.15, 0.2) is 0 Å². The molecule has 2 atom stereocenters. The van der Waals surface area contributed by atoms with Crippen LogP contribution in [-0.2, 0) is 0 Å². The minimum atomic E-state index is 0.682. The fourth-order valence-corrected chi connectivity index (χ4v) is 3.79. The predicted molar refractivity (Wildman–Crippen MR) is 66.0 cm³/mol. The van der Waals surface area contributed by atoms with Crippen LogP contribution in [-0.4, -0.2) is 12.6 Å². The smallest absolute Gasteiger partial charge is 0.00725 e. The van der Waals surface area contributed by atoms with Crippen molar-refractivity contribution in [2.75, 3.05) is 6.54 Å². The van der Waals surface area contributed by atoms with Gasteiger partial charge in [0.25, 0.3) is 0 Å². The Morgan fingerprint density at radius 2 is 1.93 bits per heavy atom. The highest BCUT2D eigenvalue weighted by Crippen LogP contribution is 2.50. The van der Waals surface area contributed by atoms with Gasteiger partial charge in [-0.25, -0.2) is 0 Å². The third kappa shape index (κ3) is 2.55. The third-order valence-corrected chi connectivity index (χ3v) is 4.80. The zero-order chi connectivity index (χ0) is 10.7. The quantitative estimate of drug-likeness (QED) is 0.744. The molecule has 1 N–H and O–H groups in total. The summed E-state index contributed by atoms with van der Waals surface area (Å²) in [7, 11) is 0. The molecular weight excluding hydrogens is 182 g/mol. The number of nitrogens with one attached hydrogen (secondary N) is 1. The molecule has 0 heterocycles. The third-order valence-electron chi connectivity index (χ3n) is 4.80. The molecule has 0 aromatic carbocycles. The first-order valence-corrected chi connectivity index (χ1v) is 6.98. The zero-order valence-electron chi connectivity index (χ0n) is 10.5. The van der Waals surface area contributed by atoms with E-state index in [1.165, 1.54) is 57.9 Å². The monoisotopic (exact) mass is 209 g/mol. The first kappa shape index (κ1) is 11.4. The standard InChI is InChI=1S/C14H27N/c1-3-10-15-13-8-9-14(2,11-13)12-6-4-5-7-12/h12-13,15H,3-11H2,1-2H3. The fourth-order valence-electron chi connectivity index (χ4n) is 3.79. The molecule has 0 radical (unpaired) electrons. The Morgan fingerprint density at radius 1 is 1.20 bits per heavy atom. The molecule has 1 heteroatoms. The van der Waals surface area contributed by atoms with Gasteiger partial charge in [-0.05, 0) is 56.4 Å². The Morgan fingerprint density at radius 3 is 2.60 bits per heavy atom. The highest BCUT2D eigenvalue weighted by molar-refractivity contribution is 4.94. The summed E-state index contributed by atoms with van der Waals surface area (Å²) in [6.07, 6.45) is 11.6. The van der Waals surface area contributed by atoms with E-state index in [1.54, 1.807) is 0 Å². The predicted octanol–water partition coefficient (Wildman–Crippen LogP) is 3.74. The minimum Gasteiger partial charge on any atom is -0.314 e. The van der Waals surface area contributed by atoms with Crippen LogP contribution in [0.25, 0.3) is 0 Å². The highest BCUT2D eigenvalue weighted by Gasteiger charge is 2.41. The van der Waals surface area contributed by atoms with Gasteiger partial charge in [0, 0.05) is 6.04 Å². The highest BCUT2D eigenvalue weighted by atomic mass is 14.9. The molecule has 88 valence electrons. The molecule has 0 amide bonds. The first-order valence-electron chi connectivity index (χ1n) is 6.98. The Hall–Kier alpha value is -0.0400. The first-order chi connectivity index (χ1) is 7.24. The largest absolute Gasteiger partial charge is 0.314 e. The lowest BCUT2D eigenvalue weighted by molar-refractivity contribution is 0.192. The molecule has 0 saturated heterocycles. The maximum Gasteiger partial charge on any atom is 0.00725 e. The van der Waals surface area contributed by atoms with Crippen molar-refractivity contribution in [3.8, 4) is 0 Å². The molecule has 0 aliphatic heterocycles. The average Bonchev–Trinajstić information content (AvgIpc) is 2.84. The van der Waals surface area contributed by atoms with Crippen molar-refractivity contribution in [3.05, 3.63) is 0 Å². The van der Waals surface area contributed by atoms with Crippen molar-refractivity contribution in [2.24, 2.45) is 11.3 Å². The van der Waals surface area contributed by atoms with E-state index < -0.39 is 0 Å². The lowest BCUT2D eigenvalue weighted by atomic mass is 9.74. The normalized spacial score (nSPS) is 37.6. The average molecular weight is 209 g/mol. The summed E-state index contributed by atoms with van der Waals surface area (Å²) in [6, 6.07) is 0.829. The molecule has 1 nitrogen and oxygen atoms in total. The molecule has 2 aliphatic carbocycles. The van der Waals surface area contributed by atoms with Crippen LogP contribution in [0.4, 0.5) is 0 Å². The molecule has 2 aliphatic rings. The van der Waals surface area contributed by atoms with E-state index in [1.807, 2.05) is 0 Å². The molecule has 2 rings (SSSR count). The zero-order valence-corrected chi connectivity index (χ0v) is 10.5. The minimum absolute atomic E-state index is 0.682. The maximum atomic E-state index is 3.71. The van der Waals surface area contributed by atoms with E-state index in [0.29, 0.717) is 5.41 Å². The van der Waals surface area contributed by atoms with Crippen molar-refractivity contribution in [1.29, 1.82) is 0 Å². The van der Waals surface area contributed by atoms with Gasteiger partial charge in [-0.1, -0.05) is 26.7 Å². The second-order valence-corrected chi connectivity index (χ2v) is 6.03. The summed E-state index contributed by atoms with van der Waals surface area (Å²) in [5, 5.41) is 3.71. The van der Waals surface area contributed by atoms with Crippen molar-refractivity contribution >= 4 is 0 Å². The molecule has 0 aromatic rings. The second kappa shape index (κ2) is 4.86. The van der Waals surface area contributed by atoms with Crippen LogP contribution < -0.4 is 5.32 Å². The van der Waals surface area contributed by atoms with E-state index in [0.717, 1.165) is 12.0 Å². The van der Waals surface area contributed by atoms with Crippen LogP contribution in [0.1, 0.15) is 65.2 Å². The molecule has 0 bridgehead atoms. The van der Waals surface area contributed by atoms with Crippen LogP contribution in [0.15, 0.2) is 0 Å². The summed E-state index contributed by atoms with van der Waals surface area (Å²) in [4.78, 5) is 0. The molecule has 2 fully saturated rings. The molecule has 2 unspecified atom stereocenters. The number of hydrogen-bond acceptors (Lipinski definition) is 1. The van der Waals surface area contributed by atoms with E-state index >= 15 is 0 Å². The van der Waals surface area contributed by atoms with Crippen molar-refractivity contribution in [1.82, 2.24) is 5.32 Å². The van der Waals surface area contributed by atoms with E-state index in [2.05, 4.69) is 19.2 Å². The van der Waals surface area contributed by atoms with Gasteiger partial charge in [0.05, 0.1) is 0 Å². The van der Waals surface area contributed by atoms with Crippen LogP contribution in [0, 0.1) is 11.3 Å². The summed E-state index contributed by atoms with van der Waals surface area (Å²) in [6.45, 7) is 6.03. The van der Waals surface area contributed by atoms with Crippen LogP contribution in [0.5, 0.6) is 0 Å². The van der Waals surface area contributed by atoms with E-state index in [-0.39, 0.29) is 0 Å². The maximum absolute atomic E-state index is 3.71. The van der Waals surface area contributed by atoms with Gasteiger partial charge < -0.3 is 5.32 Å². The van der Waals surface area contributed by atoms with E-state index in [4.69, 9.17) is 0 Å². The van der Waals surface area contributed by atoms with Gasteiger partial charge in [-0.15, -0.1) is 0 Å². The number of rotatable bonds is 4. The SMILES string of the molecule is CCCNC1CCC(C)(C2CCCC2)C1. The van der Waals surface area contributed by atoms with Gasteiger partial charge in [0.2, 0.25) is 0 Å². The molecule has 0 spiro atoms. The summed E-state index contributed by atoms with van der Waals surface area (Å²) < 4.78 is 0. The lowest BCUT2D eigenvalue weighted by Crippen LogP contribution is -2.30. The second-order valence-electron chi connectivity index (χ2n) is 6.03. The Bertz CT molecular complexity index is 196. The summed E-state index contributed by atoms with van der Waals surface area (Å²) in [5.74, 6) is 1.05.